The molecule has 2 N–H and O–H groups in total. The molecule has 156 valence electrons. The van der Waals surface area contributed by atoms with Gasteiger partial charge in [0.15, 0.2) is 0 Å². The highest BCUT2D eigenvalue weighted by Gasteiger charge is 2.25. The number of nitrogens with one attached hydrogen (secondary N) is 2. The zero-order valence-corrected chi connectivity index (χ0v) is 17.5. The van der Waals surface area contributed by atoms with Crippen molar-refractivity contribution in [1.29, 1.82) is 0 Å². The highest BCUT2D eigenvalue weighted by Crippen LogP contribution is 2.26. The summed E-state index contributed by atoms with van der Waals surface area (Å²) in [7, 11) is 0. The van der Waals surface area contributed by atoms with Gasteiger partial charge in [0.2, 0.25) is 5.95 Å². The molecule has 0 aliphatic carbocycles. The number of rotatable bonds is 7. The molecule has 1 aromatic carbocycles. The van der Waals surface area contributed by atoms with Gasteiger partial charge in [-0.05, 0) is 67.7 Å². The van der Waals surface area contributed by atoms with E-state index in [0.29, 0.717) is 22.5 Å². The van der Waals surface area contributed by atoms with Gasteiger partial charge in [-0.3, -0.25) is 14.9 Å². The molecule has 2 aliphatic rings. The topological polar surface area (TPSA) is 87.2 Å². The first kappa shape index (κ1) is 20.6. The molecule has 2 aromatic rings. The molecule has 4 rings (SSSR count). The lowest BCUT2D eigenvalue weighted by Gasteiger charge is -2.32. The van der Waals surface area contributed by atoms with Gasteiger partial charge in [0, 0.05) is 19.3 Å². The number of hydrogen-bond donors (Lipinski definition) is 2. The van der Waals surface area contributed by atoms with E-state index in [1.807, 2.05) is 6.07 Å². The Labute approximate surface area is 180 Å². The number of imide groups is 1. The fourth-order valence-corrected chi connectivity index (χ4v) is 4.34. The molecule has 0 unspecified atom stereocenters. The zero-order chi connectivity index (χ0) is 20.8. The van der Waals surface area contributed by atoms with Crippen molar-refractivity contribution in [2.24, 2.45) is 5.92 Å². The summed E-state index contributed by atoms with van der Waals surface area (Å²) in [5, 5.41) is 5.50. The van der Waals surface area contributed by atoms with Crippen LogP contribution in [-0.4, -0.2) is 47.3 Å². The molecule has 0 saturated carbocycles. The van der Waals surface area contributed by atoms with Gasteiger partial charge in [0.1, 0.15) is 0 Å². The summed E-state index contributed by atoms with van der Waals surface area (Å²) in [6, 6.07) is 12.3. The number of benzene rings is 1. The zero-order valence-electron chi connectivity index (χ0n) is 16.7. The fourth-order valence-electron chi connectivity index (χ4n) is 3.67. The Hall–Kier alpha value is -2.71. The van der Waals surface area contributed by atoms with Crippen LogP contribution < -0.4 is 15.5 Å². The van der Waals surface area contributed by atoms with Crippen molar-refractivity contribution in [3.63, 3.8) is 0 Å². The normalized spacial score (nSPS) is 18.8. The van der Waals surface area contributed by atoms with E-state index in [0.717, 1.165) is 57.2 Å². The van der Waals surface area contributed by atoms with E-state index < -0.39 is 0 Å². The lowest BCUT2D eigenvalue weighted by Crippen LogP contribution is -2.38. The van der Waals surface area contributed by atoms with Crippen molar-refractivity contribution in [2.75, 3.05) is 31.1 Å². The second-order valence-corrected chi connectivity index (χ2v) is 8.52. The molecule has 30 heavy (non-hydrogen) atoms. The molecule has 0 spiro atoms. The maximum Gasteiger partial charge on any atom is 0.290 e. The van der Waals surface area contributed by atoms with E-state index in [1.165, 1.54) is 5.56 Å². The summed E-state index contributed by atoms with van der Waals surface area (Å²) in [6.07, 6.45) is 6.59. The molecular weight excluding hydrogens is 398 g/mol. The highest BCUT2D eigenvalue weighted by atomic mass is 32.2. The summed E-state index contributed by atoms with van der Waals surface area (Å²) in [5.41, 5.74) is 2.00. The van der Waals surface area contributed by atoms with E-state index in [2.05, 4.69) is 49.8 Å². The van der Waals surface area contributed by atoms with Crippen molar-refractivity contribution in [3.8, 4) is 0 Å². The molecule has 7 nitrogen and oxygen atoms in total. The Kier molecular flexibility index (Phi) is 6.76. The van der Waals surface area contributed by atoms with Crippen molar-refractivity contribution in [2.45, 2.75) is 19.3 Å². The van der Waals surface area contributed by atoms with Gasteiger partial charge in [-0.1, -0.05) is 30.3 Å². The molecule has 2 amide bonds. The van der Waals surface area contributed by atoms with Crippen molar-refractivity contribution in [3.05, 3.63) is 58.8 Å². The van der Waals surface area contributed by atoms with Crippen molar-refractivity contribution < 1.29 is 9.59 Å². The number of aromatic nitrogens is 2. The molecule has 0 radical (unpaired) electrons. The van der Waals surface area contributed by atoms with Crippen LogP contribution >= 0.6 is 11.8 Å². The van der Waals surface area contributed by atoms with E-state index in [9.17, 15) is 9.59 Å². The minimum Gasteiger partial charge on any atom is -0.341 e. The molecular formula is C22H25N5O2S. The molecule has 3 heterocycles. The summed E-state index contributed by atoms with van der Waals surface area (Å²) < 4.78 is 0. The van der Waals surface area contributed by atoms with E-state index in [4.69, 9.17) is 0 Å². The highest BCUT2D eigenvalue weighted by molar-refractivity contribution is 8.18. The molecule has 0 bridgehead atoms. The fraction of sp³-hybridized carbons (Fsp3) is 0.364. The summed E-state index contributed by atoms with van der Waals surface area (Å²) in [6.45, 7) is 3.86. The van der Waals surface area contributed by atoms with Gasteiger partial charge in [-0.15, -0.1) is 0 Å². The molecule has 2 fully saturated rings. The number of carbonyl (C=O) groups excluding carboxylic acids is 2. The Morgan fingerprint density at radius 3 is 2.70 bits per heavy atom. The predicted molar refractivity (Wildman–Crippen MR) is 119 cm³/mol. The maximum atomic E-state index is 11.7. The number of carbonyl (C=O) groups is 2. The Balaban J connectivity index is 1.24. The van der Waals surface area contributed by atoms with Crippen LogP contribution in [0, 0.1) is 5.92 Å². The van der Waals surface area contributed by atoms with Crippen LogP contribution in [0.25, 0.3) is 6.08 Å². The minimum absolute atomic E-state index is 0.347. The van der Waals surface area contributed by atoms with E-state index >= 15 is 0 Å². The monoisotopic (exact) mass is 423 g/mol. The van der Waals surface area contributed by atoms with E-state index in [1.54, 1.807) is 18.3 Å². The third-order valence-electron chi connectivity index (χ3n) is 5.35. The Morgan fingerprint density at radius 1 is 1.17 bits per heavy atom. The van der Waals surface area contributed by atoms with Crippen LogP contribution in [0.3, 0.4) is 0 Å². The first-order valence-electron chi connectivity index (χ1n) is 10.2. The Bertz CT molecular complexity index is 926. The summed E-state index contributed by atoms with van der Waals surface area (Å²) in [5.74, 6) is 0.965. The average molecular weight is 424 g/mol. The van der Waals surface area contributed by atoms with Crippen LogP contribution in [0.2, 0.25) is 0 Å². The van der Waals surface area contributed by atoms with Gasteiger partial charge in [0.25, 0.3) is 11.1 Å². The quantitative estimate of drug-likeness (QED) is 0.523. The number of anilines is 1. The summed E-state index contributed by atoms with van der Waals surface area (Å²) >= 11 is 0.899. The predicted octanol–water partition coefficient (Wildman–Crippen LogP) is 2.85. The average Bonchev–Trinajstić information content (AvgIpc) is 3.09. The smallest absolute Gasteiger partial charge is 0.290 e. The van der Waals surface area contributed by atoms with Gasteiger partial charge in [-0.2, -0.15) is 0 Å². The molecule has 2 saturated heterocycles. The molecule has 8 heteroatoms. The third-order valence-corrected chi connectivity index (χ3v) is 6.16. The number of piperidine rings is 1. The first-order chi connectivity index (χ1) is 14.7. The first-order valence-corrected chi connectivity index (χ1v) is 11.1. The van der Waals surface area contributed by atoms with E-state index in [-0.39, 0.29) is 11.1 Å². The Morgan fingerprint density at radius 2 is 1.97 bits per heavy atom. The van der Waals surface area contributed by atoms with Crippen LogP contribution in [0.15, 0.2) is 47.5 Å². The molecule has 2 aliphatic heterocycles. The summed E-state index contributed by atoms with van der Waals surface area (Å²) in [4.78, 5) is 34.6. The lowest BCUT2D eigenvalue weighted by atomic mass is 9.97. The van der Waals surface area contributed by atoms with Gasteiger partial charge in [-0.25, -0.2) is 9.97 Å². The van der Waals surface area contributed by atoms with Crippen LogP contribution in [0.1, 0.15) is 24.1 Å². The third kappa shape index (κ3) is 5.46. The van der Waals surface area contributed by atoms with Gasteiger partial charge in [0.05, 0.1) is 10.6 Å². The number of hydrogen-bond acceptors (Lipinski definition) is 7. The van der Waals surface area contributed by atoms with Crippen molar-refractivity contribution in [1.82, 2.24) is 20.6 Å². The van der Waals surface area contributed by atoms with Crippen LogP contribution in [-0.2, 0) is 11.2 Å². The minimum atomic E-state index is -0.370. The van der Waals surface area contributed by atoms with Gasteiger partial charge < -0.3 is 10.2 Å². The molecule has 1 aromatic heterocycles. The maximum absolute atomic E-state index is 11.7. The number of thioether (sulfide) groups is 1. The second-order valence-electron chi connectivity index (χ2n) is 7.50. The van der Waals surface area contributed by atoms with Gasteiger partial charge >= 0.3 is 0 Å². The number of nitrogens with zero attached hydrogens (tertiary/aromatic N) is 3. The lowest BCUT2D eigenvalue weighted by molar-refractivity contribution is -0.115. The second kappa shape index (κ2) is 9.86. The largest absolute Gasteiger partial charge is 0.341 e. The van der Waals surface area contributed by atoms with Crippen LogP contribution in [0.5, 0.6) is 0 Å². The van der Waals surface area contributed by atoms with Crippen LogP contribution in [0.4, 0.5) is 10.7 Å². The SMILES string of the molecule is O=C1NC(=O)/C(=C/c2ccnc(N3CCC(CNCCc4ccccc4)CC3)n2)S1. The number of amides is 2. The standard InChI is InChI=1S/C22H25N5O2S/c28-20-19(30-22(29)26-20)14-18-7-11-24-21(25-18)27-12-8-17(9-13-27)15-23-10-6-16-4-2-1-3-5-16/h1-5,7,11,14,17,23H,6,8-10,12-13,15H2,(H,26,28,29)/b19-14-. The van der Waals surface area contributed by atoms with Crippen molar-refractivity contribution >= 4 is 34.9 Å². The molecule has 0 atom stereocenters.